The second-order valence-corrected chi connectivity index (χ2v) is 5.17. The van der Waals surface area contributed by atoms with Crippen LogP contribution >= 0.6 is 24.0 Å². The van der Waals surface area contributed by atoms with E-state index in [1.165, 1.54) is 6.33 Å². The molecule has 0 aliphatic carbocycles. The average molecular weight is 458 g/mol. The Morgan fingerprint density at radius 1 is 1.28 bits per heavy atom. The zero-order valence-electron chi connectivity index (χ0n) is 14.5. The lowest BCUT2D eigenvalue weighted by Crippen LogP contribution is -2.38. The molecule has 0 saturated heterocycles. The molecule has 10 heteroatoms. The first-order valence-electron chi connectivity index (χ1n) is 7.58. The van der Waals surface area contributed by atoms with Crippen LogP contribution in [0.5, 0.6) is 0 Å². The van der Waals surface area contributed by atoms with Gasteiger partial charge < -0.3 is 16.0 Å². The van der Waals surface area contributed by atoms with Gasteiger partial charge in [-0.15, -0.1) is 24.0 Å². The summed E-state index contributed by atoms with van der Waals surface area (Å²) in [7, 11) is 3.49. The third-order valence-electron chi connectivity index (χ3n) is 3.27. The fraction of sp³-hybridized carbons (Fsp3) is 0.400. The molecule has 2 heterocycles. The van der Waals surface area contributed by atoms with Crippen LogP contribution in [0.15, 0.2) is 29.6 Å². The van der Waals surface area contributed by atoms with Crippen molar-refractivity contribution in [2.24, 2.45) is 12.0 Å². The molecule has 25 heavy (non-hydrogen) atoms. The van der Waals surface area contributed by atoms with Gasteiger partial charge in [-0.1, -0.05) is 6.07 Å². The number of aryl methyl sites for hydroxylation is 2. The van der Waals surface area contributed by atoms with Gasteiger partial charge in [-0.25, -0.2) is 9.97 Å². The molecule has 0 unspecified atom stereocenters. The van der Waals surface area contributed by atoms with Crippen LogP contribution in [-0.2, 0) is 18.4 Å². The molecule has 0 bridgehead atoms. The summed E-state index contributed by atoms with van der Waals surface area (Å²) in [6, 6.07) is 3.68. The quantitative estimate of drug-likeness (QED) is 0.336. The molecular weight excluding hydrogens is 435 g/mol. The summed E-state index contributed by atoms with van der Waals surface area (Å²) in [4.78, 5) is 24.2. The van der Waals surface area contributed by atoms with E-state index in [4.69, 9.17) is 0 Å². The molecule has 0 aromatic carbocycles. The summed E-state index contributed by atoms with van der Waals surface area (Å²) in [5, 5.41) is 12.9. The highest BCUT2D eigenvalue weighted by molar-refractivity contribution is 14.0. The lowest BCUT2D eigenvalue weighted by Gasteiger charge is -2.11. The minimum absolute atomic E-state index is 0. The molecule has 0 fully saturated rings. The van der Waals surface area contributed by atoms with Crippen LogP contribution in [0.25, 0.3) is 0 Å². The summed E-state index contributed by atoms with van der Waals surface area (Å²) in [6.07, 6.45) is 3.52. The number of anilines is 1. The number of rotatable bonds is 6. The van der Waals surface area contributed by atoms with Crippen LogP contribution in [0.2, 0.25) is 0 Å². The van der Waals surface area contributed by atoms with Crippen molar-refractivity contribution < 1.29 is 4.79 Å². The number of carbonyl (C=O) groups excluding carboxylic acids is 1. The summed E-state index contributed by atoms with van der Waals surface area (Å²) in [5.74, 6) is 1.83. The molecule has 136 valence electrons. The van der Waals surface area contributed by atoms with Crippen molar-refractivity contribution in [1.82, 2.24) is 30.4 Å². The fourth-order valence-electron chi connectivity index (χ4n) is 1.91. The standard InChI is InChI=1S/C15H22N8O.HI/c1-11-4-5-12(18-8-11)22-14(24)6-7-17-15(16-2)19-9-13-20-10-21-23(13)3;/h4-5,8,10H,6-7,9H2,1-3H3,(H2,16,17,19)(H,18,22,24);1H. The first-order chi connectivity index (χ1) is 11.6. The van der Waals surface area contributed by atoms with Gasteiger partial charge in [0.15, 0.2) is 5.96 Å². The second-order valence-electron chi connectivity index (χ2n) is 5.17. The Bertz CT molecular complexity index is 698. The van der Waals surface area contributed by atoms with E-state index in [-0.39, 0.29) is 29.9 Å². The topological polar surface area (TPSA) is 109 Å². The highest BCUT2D eigenvalue weighted by Gasteiger charge is 2.05. The van der Waals surface area contributed by atoms with Gasteiger partial charge in [0.05, 0.1) is 6.54 Å². The van der Waals surface area contributed by atoms with Crippen molar-refractivity contribution in [1.29, 1.82) is 0 Å². The predicted octanol–water partition coefficient (Wildman–Crippen LogP) is 0.830. The molecular formula is C15H23IN8O. The number of amides is 1. The van der Waals surface area contributed by atoms with Gasteiger partial charge in [0, 0.05) is 33.3 Å². The van der Waals surface area contributed by atoms with Gasteiger partial charge in [0.1, 0.15) is 18.0 Å². The van der Waals surface area contributed by atoms with Crippen molar-refractivity contribution in [2.75, 3.05) is 18.9 Å². The van der Waals surface area contributed by atoms with E-state index in [0.29, 0.717) is 31.3 Å². The van der Waals surface area contributed by atoms with Gasteiger partial charge in [-0.2, -0.15) is 5.10 Å². The van der Waals surface area contributed by atoms with Crippen LogP contribution in [-0.4, -0.2) is 45.2 Å². The number of nitrogens with zero attached hydrogens (tertiary/aromatic N) is 5. The average Bonchev–Trinajstić information content (AvgIpc) is 2.98. The Kier molecular flexibility index (Phi) is 8.81. The van der Waals surface area contributed by atoms with Gasteiger partial charge in [-0.05, 0) is 18.6 Å². The molecule has 0 atom stereocenters. The van der Waals surface area contributed by atoms with Crippen LogP contribution in [0, 0.1) is 6.92 Å². The number of nitrogens with one attached hydrogen (secondary N) is 3. The Balaban J connectivity index is 0.00000312. The predicted molar refractivity (Wildman–Crippen MR) is 107 cm³/mol. The molecule has 9 nitrogen and oxygen atoms in total. The normalized spacial score (nSPS) is 10.8. The minimum atomic E-state index is -0.109. The molecule has 0 spiro atoms. The van der Waals surface area contributed by atoms with E-state index in [2.05, 4.69) is 36.0 Å². The van der Waals surface area contributed by atoms with Crippen LogP contribution in [0.3, 0.4) is 0 Å². The van der Waals surface area contributed by atoms with Crippen molar-refractivity contribution in [3.05, 3.63) is 36.0 Å². The first kappa shape index (κ1) is 20.8. The molecule has 1 amide bonds. The summed E-state index contributed by atoms with van der Waals surface area (Å²) < 4.78 is 1.68. The summed E-state index contributed by atoms with van der Waals surface area (Å²) >= 11 is 0. The Labute approximate surface area is 163 Å². The van der Waals surface area contributed by atoms with E-state index in [9.17, 15) is 4.79 Å². The largest absolute Gasteiger partial charge is 0.356 e. The van der Waals surface area contributed by atoms with Crippen molar-refractivity contribution >= 4 is 41.7 Å². The maximum atomic E-state index is 11.9. The molecule has 0 saturated carbocycles. The third kappa shape index (κ3) is 7.03. The SMILES string of the molecule is CN=C(NCCC(=O)Nc1ccc(C)cn1)NCc1ncnn1C.I. The van der Waals surface area contributed by atoms with Gasteiger partial charge >= 0.3 is 0 Å². The molecule has 0 radical (unpaired) electrons. The monoisotopic (exact) mass is 458 g/mol. The number of aliphatic imine (C=N–C) groups is 1. The number of halogens is 1. The number of pyridine rings is 1. The zero-order valence-corrected chi connectivity index (χ0v) is 16.8. The summed E-state index contributed by atoms with van der Waals surface area (Å²) in [6.45, 7) is 2.90. The van der Waals surface area contributed by atoms with E-state index < -0.39 is 0 Å². The smallest absolute Gasteiger partial charge is 0.227 e. The number of aromatic nitrogens is 4. The highest BCUT2D eigenvalue weighted by atomic mass is 127. The van der Waals surface area contributed by atoms with Gasteiger partial charge in [-0.3, -0.25) is 14.5 Å². The molecule has 0 aliphatic heterocycles. The van der Waals surface area contributed by atoms with Crippen molar-refractivity contribution in [3.8, 4) is 0 Å². The molecule has 2 aromatic heterocycles. The Morgan fingerprint density at radius 3 is 2.68 bits per heavy atom. The fourth-order valence-corrected chi connectivity index (χ4v) is 1.91. The minimum Gasteiger partial charge on any atom is -0.356 e. The summed E-state index contributed by atoms with van der Waals surface area (Å²) in [5.41, 5.74) is 1.05. The van der Waals surface area contributed by atoms with E-state index >= 15 is 0 Å². The van der Waals surface area contributed by atoms with E-state index in [1.54, 1.807) is 24.0 Å². The Morgan fingerprint density at radius 2 is 2.08 bits per heavy atom. The lowest BCUT2D eigenvalue weighted by atomic mass is 10.3. The number of carbonyl (C=O) groups is 1. The zero-order chi connectivity index (χ0) is 17.4. The number of guanidine groups is 1. The molecule has 2 aromatic rings. The molecule has 0 aliphatic rings. The first-order valence-corrected chi connectivity index (χ1v) is 7.58. The maximum Gasteiger partial charge on any atom is 0.227 e. The van der Waals surface area contributed by atoms with Gasteiger partial charge in [0.25, 0.3) is 0 Å². The lowest BCUT2D eigenvalue weighted by molar-refractivity contribution is -0.116. The van der Waals surface area contributed by atoms with E-state index in [1.807, 2.05) is 20.0 Å². The van der Waals surface area contributed by atoms with Crippen molar-refractivity contribution in [2.45, 2.75) is 19.9 Å². The van der Waals surface area contributed by atoms with Crippen molar-refractivity contribution in [3.63, 3.8) is 0 Å². The van der Waals surface area contributed by atoms with Crippen LogP contribution in [0.4, 0.5) is 5.82 Å². The number of hydrogen-bond acceptors (Lipinski definition) is 5. The third-order valence-corrected chi connectivity index (χ3v) is 3.27. The molecule has 2 rings (SSSR count). The van der Waals surface area contributed by atoms with E-state index in [0.717, 1.165) is 11.4 Å². The van der Waals surface area contributed by atoms with Gasteiger partial charge in [0.2, 0.25) is 5.91 Å². The maximum absolute atomic E-state index is 11.9. The van der Waals surface area contributed by atoms with Crippen LogP contribution in [0.1, 0.15) is 17.8 Å². The number of hydrogen-bond donors (Lipinski definition) is 3. The van der Waals surface area contributed by atoms with Crippen LogP contribution < -0.4 is 16.0 Å². The molecule has 3 N–H and O–H groups in total. The Hall–Kier alpha value is -2.24. The highest BCUT2D eigenvalue weighted by Crippen LogP contribution is 2.03. The second kappa shape index (κ2) is 10.6.